The Morgan fingerprint density at radius 3 is 2.12 bits per heavy atom. The molecule has 0 spiro atoms. The van der Waals surface area contributed by atoms with Crippen molar-refractivity contribution in [2.24, 2.45) is 0 Å². The molecule has 0 bridgehead atoms. The summed E-state index contributed by atoms with van der Waals surface area (Å²) in [6.07, 6.45) is 0.679. The number of rotatable bonds is 2. The maximum Gasteiger partial charge on any atom is 0.141 e. The molecule has 5 heteroatoms. The third-order valence-corrected chi connectivity index (χ3v) is 1.89. The normalized spacial score (nSPS) is 16.2. The Labute approximate surface area is 97.3 Å². The van der Waals surface area contributed by atoms with Gasteiger partial charge in [-0.15, -0.1) is 0 Å². The predicted molar refractivity (Wildman–Crippen MR) is 39.0 cm³/mol. The van der Waals surface area contributed by atoms with Gasteiger partial charge in [-0.1, -0.05) is 6.92 Å². The molecular formula is C3H8KO2S2. The molecule has 1 N–H and O–H groups in total. The van der Waals surface area contributed by atoms with Crippen LogP contribution in [-0.2, 0) is 20.0 Å². The monoisotopic (exact) mass is 179 g/mol. The SMILES string of the molecule is CCCS(=O)(O)=S.[K]. The molecule has 45 valence electrons. The second kappa shape index (κ2) is 5.73. The van der Waals surface area contributed by atoms with Crippen molar-refractivity contribution in [3.63, 3.8) is 0 Å². The molecule has 0 aromatic carbocycles. The van der Waals surface area contributed by atoms with E-state index in [0.717, 1.165) is 0 Å². The van der Waals surface area contributed by atoms with Crippen LogP contribution in [0, 0.1) is 0 Å². The van der Waals surface area contributed by atoms with Crippen LogP contribution >= 0.6 is 0 Å². The van der Waals surface area contributed by atoms with E-state index in [1.54, 1.807) is 0 Å². The molecule has 0 aliphatic rings. The Morgan fingerprint density at radius 2 is 2.12 bits per heavy atom. The number of hydrogen-bond donors (Lipinski definition) is 1. The van der Waals surface area contributed by atoms with E-state index in [0.29, 0.717) is 6.42 Å². The van der Waals surface area contributed by atoms with Gasteiger partial charge < -0.3 is 4.55 Å². The van der Waals surface area contributed by atoms with Crippen LogP contribution in [0.2, 0.25) is 0 Å². The minimum absolute atomic E-state index is 0. The molecule has 0 rings (SSSR count). The van der Waals surface area contributed by atoms with Crippen molar-refractivity contribution < 1.29 is 8.76 Å². The average molecular weight is 179 g/mol. The Balaban J connectivity index is 0. The van der Waals surface area contributed by atoms with Gasteiger partial charge in [0.15, 0.2) is 0 Å². The summed E-state index contributed by atoms with van der Waals surface area (Å²) >= 11 is 4.17. The zero-order valence-electron chi connectivity index (χ0n) is 5.09. The molecule has 0 aliphatic heterocycles. The van der Waals surface area contributed by atoms with Gasteiger partial charge >= 0.3 is 0 Å². The molecule has 0 saturated heterocycles. The van der Waals surface area contributed by atoms with E-state index >= 15 is 0 Å². The minimum atomic E-state index is -2.84. The van der Waals surface area contributed by atoms with E-state index in [1.165, 1.54) is 0 Å². The second-order valence-corrected chi connectivity index (χ2v) is 4.42. The second-order valence-electron chi connectivity index (χ2n) is 1.29. The van der Waals surface area contributed by atoms with Crippen LogP contribution in [0.15, 0.2) is 0 Å². The van der Waals surface area contributed by atoms with Crippen LogP contribution < -0.4 is 0 Å². The van der Waals surface area contributed by atoms with E-state index in [1.807, 2.05) is 6.92 Å². The van der Waals surface area contributed by atoms with Crippen molar-refractivity contribution in [1.29, 1.82) is 0 Å². The van der Waals surface area contributed by atoms with Crippen molar-refractivity contribution in [1.82, 2.24) is 0 Å². The van der Waals surface area contributed by atoms with E-state index in [2.05, 4.69) is 11.2 Å². The summed E-state index contributed by atoms with van der Waals surface area (Å²) in [5.74, 6) is 0.238. The Bertz CT molecular complexity index is 128. The molecule has 0 amide bonds. The maximum atomic E-state index is 10.2. The van der Waals surface area contributed by atoms with Crippen molar-refractivity contribution in [3.8, 4) is 0 Å². The summed E-state index contributed by atoms with van der Waals surface area (Å²) in [4.78, 5) is 0. The fourth-order valence-electron chi connectivity index (χ4n) is 0.258. The maximum absolute atomic E-state index is 10.2. The molecule has 2 nitrogen and oxygen atoms in total. The summed E-state index contributed by atoms with van der Waals surface area (Å²) in [5, 5.41) is 0. The van der Waals surface area contributed by atoms with Gasteiger partial charge in [-0.3, -0.25) is 0 Å². The molecule has 0 aromatic heterocycles. The van der Waals surface area contributed by atoms with E-state index < -0.39 is 8.77 Å². The van der Waals surface area contributed by atoms with E-state index in [4.69, 9.17) is 4.55 Å². The van der Waals surface area contributed by atoms with Gasteiger partial charge in [-0.2, -0.15) is 0 Å². The predicted octanol–water partition coefficient (Wildman–Crippen LogP) is 0.235. The molecule has 0 fully saturated rings. The topological polar surface area (TPSA) is 37.3 Å². The van der Waals surface area contributed by atoms with Crippen LogP contribution in [-0.4, -0.2) is 65.9 Å². The van der Waals surface area contributed by atoms with E-state index in [-0.39, 0.29) is 57.1 Å². The van der Waals surface area contributed by atoms with Gasteiger partial charge in [0.1, 0.15) is 8.77 Å². The molecule has 0 aliphatic carbocycles. The Morgan fingerprint density at radius 1 is 1.75 bits per heavy atom. The van der Waals surface area contributed by atoms with Crippen LogP contribution in [0.25, 0.3) is 0 Å². The van der Waals surface area contributed by atoms with Crippen LogP contribution in [0.1, 0.15) is 13.3 Å². The van der Waals surface area contributed by atoms with Gasteiger partial charge in [-0.05, 0) is 6.42 Å². The van der Waals surface area contributed by atoms with Gasteiger partial charge in [-0.25, -0.2) is 4.21 Å². The molecule has 0 saturated carbocycles. The summed E-state index contributed by atoms with van der Waals surface area (Å²) in [5.41, 5.74) is 0. The summed E-state index contributed by atoms with van der Waals surface area (Å²) in [6.45, 7) is 1.82. The fourth-order valence-corrected chi connectivity index (χ4v) is 1.27. The number of hydrogen-bond acceptors (Lipinski definition) is 2. The third-order valence-electron chi connectivity index (χ3n) is 0.462. The quantitative estimate of drug-likeness (QED) is 0.617. The fraction of sp³-hybridized carbons (Fsp3) is 1.00. The summed E-state index contributed by atoms with van der Waals surface area (Å²) < 4.78 is 18.5. The Kier molecular flexibility index (Phi) is 9.04. The van der Waals surface area contributed by atoms with Crippen molar-refractivity contribution >= 4 is 71.3 Å². The molecule has 0 heterocycles. The molecule has 1 unspecified atom stereocenters. The average Bonchev–Trinajstić information content (AvgIpc) is 1.30. The van der Waals surface area contributed by atoms with Gasteiger partial charge in [0.25, 0.3) is 0 Å². The molecule has 1 atom stereocenters. The molecule has 1 radical (unpaired) electrons. The van der Waals surface area contributed by atoms with Crippen LogP contribution in [0.5, 0.6) is 0 Å². The Hall–Kier alpha value is 1.97. The first-order valence-corrected chi connectivity index (χ1v) is 4.62. The first-order chi connectivity index (χ1) is 3.06. The smallest absolute Gasteiger partial charge is 0.141 e. The minimum Gasteiger partial charge on any atom is -0.306 e. The van der Waals surface area contributed by atoms with Gasteiger partial charge in [0.05, 0.1) is 0 Å². The third kappa shape index (κ3) is 10.9. The van der Waals surface area contributed by atoms with Gasteiger partial charge in [0, 0.05) is 68.3 Å². The molecule has 0 aromatic rings. The standard InChI is InChI=1S/C3H8O2S2.K/c1-2-3-7(4,5)6;/h2-3H2,1H3,(H,4,5,6);. The zero-order valence-corrected chi connectivity index (χ0v) is 9.84. The van der Waals surface area contributed by atoms with Gasteiger partial charge in [0.2, 0.25) is 0 Å². The first-order valence-electron chi connectivity index (χ1n) is 2.01. The zero-order chi connectivity index (χ0) is 5.91. The molecular weight excluding hydrogens is 171 g/mol. The van der Waals surface area contributed by atoms with Crippen molar-refractivity contribution in [3.05, 3.63) is 0 Å². The molecule has 8 heavy (non-hydrogen) atoms. The largest absolute Gasteiger partial charge is 0.306 e. The van der Waals surface area contributed by atoms with Crippen LogP contribution in [0.4, 0.5) is 0 Å². The van der Waals surface area contributed by atoms with Crippen LogP contribution in [0.3, 0.4) is 0 Å². The first kappa shape index (κ1) is 12.6. The summed E-state index contributed by atoms with van der Waals surface area (Å²) in [7, 11) is -2.84. The van der Waals surface area contributed by atoms with Crippen molar-refractivity contribution in [2.45, 2.75) is 13.3 Å². The van der Waals surface area contributed by atoms with E-state index in [9.17, 15) is 4.21 Å². The summed E-state index contributed by atoms with van der Waals surface area (Å²) in [6, 6.07) is 0. The van der Waals surface area contributed by atoms with Crippen molar-refractivity contribution in [2.75, 3.05) is 5.75 Å².